The summed E-state index contributed by atoms with van der Waals surface area (Å²) in [5.74, 6) is -1.71. The average molecular weight is 503 g/mol. The molecule has 0 heterocycles. The third-order valence-corrected chi connectivity index (χ3v) is 7.70. The molecule has 4 heteroatoms. The summed E-state index contributed by atoms with van der Waals surface area (Å²) in [5.41, 5.74) is 3.08. The highest BCUT2D eigenvalue weighted by Gasteiger charge is 2.26. The van der Waals surface area contributed by atoms with E-state index in [2.05, 4.69) is 27.7 Å². The van der Waals surface area contributed by atoms with Crippen LogP contribution in [0.1, 0.15) is 168 Å². The van der Waals surface area contributed by atoms with Gasteiger partial charge in [0, 0.05) is 0 Å². The van der Waals surface area contributed by atoms with Crippen molar-refractivity contribution >= 4 is 11.9 Å². The zero-order chi connectivity index (χ0) is 26.8. The lowest BCUT2D eigenvalue weighted by Crippen LogP contribution is -2.18. The van der Waals surface area contributed by atoms with Gasteiger partial charge in [-0.1, -0.05) is 118 Å². The fourth-order valence-corrected chi connectivity index (χ4v) is 5.44. The van der Waals surface area contributed by atoms with E-state index in [4.69, 9.17) is 0 Å². The number of hydrogen-bond donors (Lipinski definition) is 2. The zero-order valence-electron chi connectivity index (χ0n) is 23.8. The topological polar surface area (TPSA) is 74.6 Å². The maximum Gasteiger partial charge on any atom is 0.336 e. The van der Waals surface area contributed by atoms with Gasteiger partial charge in [0.05, 0.1) is 11.1 Å². The highest BCUT2D eigenvalue weighted by Crippen LogP contribution is 2.31. The molecule has 1 rings (SSSR count). The van der Waals surface area contributed by atoms with Gasteiger partial charge in [-0.15, -0.1) is 0 Å². The second-order valence-corrected chi connectivity index (χ2v) is 10.7. The molecule has 0 spiro atoms. The van der Waals surface area contributed by atoms with Gasteiger partial charge in [0.15, 0.2) is 0 Å². The molecule has 0 aromatic heterocycles. The van der Waals surface area contributed by atoms with E-state index in [1.54, 1.807) is 6.07 Å². The third-order valence-electron chi connectivity index (χ3n) is 7.70. The lowest BCUT2D eigenvalue weighted by molar-refractivity contribution is 0.0650. The fraction of sp³-hybridized carbons (Fsp3) is 0.750. The monoisotopic (exact) mass is 502 g/mol. The Morgan fingerprint density at radius 1 is 0.667 bits per heavy atom. The van der Waals surface area contributed by atoms with Gasteiger partial charge in [-0.3, -0.25) is 0 Å². The van der Waals surface area contributed by atoms with Crippen LogP contribution in [0.15, 0.2) is 6.07 Å². The molecule has 0 bridgehead atoms. The number of rotatable bonds is 22. The van der Waals surface area contributed by atoms with Crippen molar-refractivity contribution in [1.82, 2.24) is 0 Å². The Balaban J connectivity index is 3.36. The van der Waals surface area contributed by atoms with Gasteiger partial charge in [0.2, 0.25) is 0 Å². The molecule has 0 aliphatic carbocycles. The summed E-state index contributed by atoms with van der Waals surface area (Å²) in [5, 5.41) is 20.1. The van der Waals surface area contributed by atoms with Gasteiger partial charge in [0.1, 0.15) is 0 Å². The molecule has 1 unspecified atom stereocenters. The molecule has 1 atom stereocenters. The molecular weight excluding hydrogens is 448 g/mol. The van der Waals surface area contributed by atoms with Gasteiger partial charge >= 0.3 is 11.9 Å². The number of aromatic carboxylic acids is 2. The predicted molar refractivity (Wildman–Crippen MR) is 152 cm³/mol. The molecule has 206 valence electrons. The third kappa shape index (κ3) is 11.5. The van der Waals surface area contributed by atoms with Gasteiger partial charge in [-0.25, -0.2) is 9.59 Å². The first-order valence-corrected chi connectivity index (χ1v) is 15.0. The SMILES string of the molecule is CCCCCCCCc1c(CC(CC)CCCC)cc(C(=O)O)c(C(=O)O)c1CCCCCCCC. The Kier molecular flexibility index (Phi) is 17.3. The Morgan fingerprint density at radius 3 is 1.64 bits per heavy atom. The van der Waals surface area contributed by atoms with E-state index in [1.165, 1.54) is 51.4 Å². The minimum absolute atomic E-state index is 0.0180. The lowest BCUT2D eigenvalue weighted by Gasteiger charge is -2.23. The van der Waals surface area contributed by atoms with E-state index in [9.17, 15) is 19.8 Å². The number of hydrogen-bond acceptors (Lipinski definition) is 2. The summed E-state index contributed by atoms with van der Waals surface area (Å²) < 4.78 is 0. The second-order valence-electron chi connectivity index (χ2n) is 10.7. The highest BCUT2D eigenvalue weighted by atomic mass is 16.4. The molecule has 0 aliphatic rings. The molecule has 36 heavy (non-hydrogen) atoms. The Morgan fingerprint density at radius 2 is 1.17 bits per heavy atom. The normalized spacial score (nSPS) is 12.1. The summed E-state index contributed by atoms with van der Waals surface area (Å²) in [6.07, 6.45) is 20.8. The minimum atomic E-state index is -1.12. The standard InChI is InChI=1S/C32H54O4/c1-5-9-12-14-16-18-21-27-26(23-25(8-4)20-11-7-3)24-29(31(33)34)30(32(35)36)28(27)22-19-17-15-13-10-6-2/h24-25H,5-23H2,1-4H3,(H,33,34)(H,35,36). The van der Waals surface area contributed by atoms with E-state index >= 15 is 0 Å². The highest BCUT2D eigenvalue weighted by molar-refractivity contribution is 6.03. The zero-order valence-corrected chi connectivity index (χ0v) is 23.8. The molecule has 0 radical (unpaired) electrons. The van der Waals surface area contributed by atoms with Gasteiger partial charge in [-0.05, 0) is 60.8 Å². The number of carboxylic acid groups (broad SMARTS) is 2. The van der Waals surface area contributed by atoms with Crippen LogP contribution in [0.2, 0.25) is 0 Å². The van der Waals surface area contributed by atoms with Crippen molar-refractivity contribution in [2.75, 3.05) is 0 Å². The van der Waals surface area contributed by atoms with Crippen LogP contribution in [0, 0.1) is 5.92 Å². The molecule has 2 N–H and O–H groups in total. The van der Waals surface area contributed by atoms with E-state index in [0.29, 0.717) is 12.3 Å². The van der Waals surface area contributed by atoms with E-state index in [-0.39, 0.29) is 11.1 Å². The molecule has 0 amide bonds. The number of carboxylic acids is 2. The molecule has 0 aliphatic heterocycles. The van der Waals surface area contributed by atoms with Crippen LogP contribution in [0.3, 0.4) is 0 Å². The first-order valence-electron chi connectivity index (χ1n) is 15.0. The molecule has 4 nitrogen and oxygen atoms in total. The fourth-order valence-electron chi connectivity index (χ4n) is 5.44. The summed E-state index contributed by atoms with van der Waals surface area (Å²) in [4.78, 5) is 24.6. The van der Waals surface area contributed by atoms with Crippen molar-refractivity contribution < 1.29 is 19.8 Å². The van der Waals surface area contributed by atoms with E-state index in [1.807, 2.05) is 0 Å². The van der Waals surface area contributed by atoms with E-state index in [0.717, 1.165) is 80.9 Å². The Labute approximate surface area is 221 Å². The van der Waals surface area contributed by atoms with E-state index < -0.39 is 11.9 Å². The largest absolute Gasteiger partial charge is 0.478 e. The van der Waals surface area contributed by atoms with Gasteiger partial charge in [0.25, 0.3) is 0 Å². The van der Waals surface area contributed by atoms with Crippen LogP contribution in [-0.2, 0) is 19.3 Å². The first-order chi connectivity index (χ1) is 17.4. The van der Waals surface area contributed by atoms with Gasteiger partial charge in [-0.2, -0.15) is 0 Å². The smallest absolute Gasteiger partial charge is 0.336 e. The van der Waals surface area contributed by atoms with Crippen molar-refractivity contribution in [2.24, 2.45) is 5.92 Å². The Bertz CT molecular complexity index is 768. The van der Waals surface area contributed by atoms with Crippen LogP contribution in [-0.4, -0.2) is 22.2 Å². The van der Waals surface area contributed by atoms with Crippen LogP contribution < -0.4 is 0 Å². The van der Waals surface area contributed by atoms with Crippen molar-refractivity contribution in [1.29, 1.82) is 0 Å². The van der Waals surface area contributed by atoms with Crippen molar-refractivity contribution in [3.8, 4) is 0 Å². The minimum Gasteiger partial charge on any atom is -0.478 e. The molecule has 1 aromatic carbocycles. The van der Waals surface area contributed by atoms with Crippen LogP contribution in [0.5, 0.6) is 0 Å². The number of carbonyl (C=O) groups is 2. The first kappa shape index (κ1) is 32.2. The van der Waals surface area contributed by atoms with Crippen molar-refractivity contribution in [2.45, 2.75) is 150 Å². The lowest BCUT2D eigenvalue weighted by atomic mass is 9.81. The van der Waals surface area contributed by atoms with Gasteiger partial charge < -0.3 is 10.2 Å². The van der Waals surface area contributed by atoms with Crippen molar-refractivity contribution in [3.05, 3.63) is 33.9 Å². The second kappa shape index (κ2) is 19.3. The molecule has 0 fully saturated rings. The molecule has 1 aromatic rings. The molecule has 0 saturated heterocycles. The Hall–Kier alpha value is -1.84. The van der Waals surface area contributed by atoms with Crippen LogP contribution in [0.4, 0.5) is 0 Å². The average Bonchev–Trinajstić information content (AvgIpc) is 2.85. The number of unbranched alkanes of at least 4 members (excludes halogenated alkanes) is 11. The number of benzene rings is 1. The van der Waals surface area contributed by atoms with Crippen molar-refractivity contribution in [3.63, 3.8) is 0 Å². The van der Waals surface area contributed by atoms with Crippen LogP contribution >= 0.6 is 0 Å². The molecular formula is C32H54O4. The summed E-state index contributed by atoms with van der Waals surface area (Å²) in [6, 6.07) is 1.72. The maximum atomic E-state index is 12.4. The quantitative estimate of drug-likeness (QED) is 0.155. The summed E-state index contributed by atoms with van der Waals surface area (Å²) >= 11 is 0. The van der Waals surface area contributed by atoms with Crippen LogP contribution in [0.25, 0.3) is 0 Å². The maximum absolute atomic E-state index is 12.4. The summed E-state index contributed by atoms with van der Waals surface area (Å²) in [7, 11) is 0. The molecule has 0 saturated carbocycles. The summed E-state index contributed by atoms with van der Waals surface area (Å²) in [6.45, 7) is 8.85. The predicted octanol–water partition coefficient (Wildman–Crippen LogP) is 9.65.